The second kappa shape index (κ2) is 5.52. The van der Waals surface area contributed by atoms with E-state index in [1.54, 1.807) is 12.1 Å². The normalized spacial score (nSPS) is 18.9. The molecule has 0 aromatic heterocycles. The predicted molar refractivity (Wildman–Crippen MR) is 74.0 cm³/mol. The van der Waals surface area contributed by atoms with Gasteiger partial charge in [-0.2, -0.15) is 0 Å². The fourth-order valence-corrected chi connectivity index (χ4v) is 2.85. The summed E-state index contributed by atoms with van der Waals surface area (Å²) in [5, 5.41) is 3.48. The molecule has 0 bridgehead atoms. The van der Waals surface area contributed by atoms with Crippen LogP contribution in [0.25, 0.3) is 10.4 Å². The topological polar surface area (TPSA) is 103 Å². The van der Waals surface area contributed by atoms with E-state index in [4.69, 9.17) is 5.53 Å². The fourth-order valence-electron chi connectivity index (χ4n) is 2.19. The Balaban J connectivity index is 2.24. The molecule has 1 unspecified atom stereocenters. The molecule has 0 saturated carbocycles. The van der Waals surface area contributed by atoms with Crippen LogP contribution in [0.2, 0.25) is 0 Å². The van der Waals surface area contributed by atoms with E-state index in [1.165, 1.54) is 17.0 Å². The number of amides is 1. The Kier molecular flexibility index (Phi) is 3.96. The van der Waals surface area contributed by atoms with E-state index in [1.807, 2.05) is 0 Å². The van der Waals surface area contributed by atoms with Crippen LogP contribution in [0, 0.1) is 5.92 Å². The standard InChI is InChI=1S/C12H14N4O3S/c1-20(18,19)11-4-2-3-10(6-11)16-8-9(5-12(16)17)7-14-15-13/h2-4,6,9H,5,7-8H2,1H3. The molecule has 0 N–H and O–H groups in total. The molecule has 0 radical (unpaired) electrons. The van der Waals surface area contributed by atoms with Gasteiger partial charge in [0.05, 0.1) is 4.90 Å². The Morgan fingerprint density at radius 3 is 2.90 bits per heavy atom. The maximum absolute atomic E-state index is 12.0. The highest BCUT2D eigenvalue weighted by atomic mass is 32.2. The first-order valence-corrected chi connectivity index (χ1v) is 7.92. The highest BCUT2D eigenvalue weighted by Gasteiger charge is 2.30. The van der Waals surface area contributed by atoms with Gasteiger partial charge in [0, 0.05) is 36.4 Å². The number of carbonyl (C=O) groups is 1. The van der Waals surface area contributed by atoms with Gasteiger partial charge in [0.15, 0.2) is 9.84 Å². The third-order valence-corrected chi connectivity index (χ3v) is 4.28. The van der Waals surface area contributed by atoms with Crippen LogP contribution < -0.4 is 4.90 Å². The molecule has 0 aliphatic carbocycles. The van der Waals surface area contributed by atoms with Crippen molar-refractivity contribution in [2.45, 2.75) is 11.3 Å². The van der Waals surface area contributed by atoms with Gasteiger partial charge in [-0.15, -0.1) is 0 Å². The van der Waals surface area contributed by atoms with E-state index in [9.17, 15) is 13.2 Å². The molecule has 8 heteroatoms. The van der Waals surface area contributed by atoms with E-state index in [0.29, 0.717) is 18.7 Å². The second-order valence-corrected chi connectivity index (χ2v) is 6.77. The van der Waals surface area contributed by atoms with Crippen LogP contribution in [0.5, 0.6) is 0 Å². The van der Waals surface area contributed by atoms with Crippen molar-refractivity contribution in [2.75, 3.05) is 24.2 Å². The van der Waals surface area contributed by atoms with Crippen LogP contribution in [0.15, 0.2) is 34.3 Å². The quantitative estimate of drug-likeness (QED) is 0.480. The van der Waals surface area contributed by atoms with Gasteiger partial charge in [0.2, 0.25) is 5.91 Å². The third-order valence-electron chi connectivity index (χ3n) is 3.17. The van der Waals surface area contributed by atoms with Crippen molar-refractivity contribution in [3.8, 4) is 0 Å². The first kappa shape index (κ1) is 14.4. The summed E-state index contributed by atoms with van der Waals surface area (Å²) in [5.41, 5.74) is 8.85. The second-order valence-electron chi connectivity index (χ2n) is 4.76. The highest BCUT2D eigenvalue weighted by Crippen LogP contribution is 2.27. The molecule has 7 nitrogen and oxygen atoms in total. The number of hydrogen-bond acceptors (Lipinski definition) is 4. The molecule has 1 aromatic carbocycles. The number of benzene rings is 1. The van der Waals surface area contributed by atoms with Gasteiger partial charge in [-0.3, -0.25) is 4.79 Å². The highest BCUT2D eigenvalue weighted by molar-refractivity contribution is 7.90. The van der Waals surface area contributed by atoms with Crippen molar-refractivity contribution in [3.63, 3.8) is 0 Å². The summed E-state index contributed by atoms with van der Waals surface area (Å²) in [6.07, 6.45) is 1.43. The lowest BCUT2D eigenvalue weighted by Crippen LogP contribution is -2.24. The van der Waals surface area contributed by atoms with Crippen LogP contribution in [0.4, 0.5) is 5.69 Å². The molecule has 20 heavy (non-hydrogen) atoms. The van der Waals surface area contributed by atoms with Crippen LogP contribution in [0.3, 0.4) is 0 Å². The summed E-state index contributed by atoms with van der Waals surface area (Å²) < 4.78 is 23.1. The number of sulfone groups is 1. The van der Waals surface area contributed by atoms with Crippen LogP contribution in [-0.2, 0) is 14.6 Å². The molecular weight excluding hydrogens is 280 g/mol. The van der Waals surface area contributed by atoms with Crippen molar-refractivity contribution in [2.24, 2.45) is 11.0 Å². The van der Waals surface area contributed by atoms with Gasteiger partial charge in [0.25, 0.3) is 0 Å². The number of rotatable bonds is 4. The van der Waals surface area contributed by atoms with Crippen molar-refractivity contribution >= 4 is 21.4 Å². The number of anilines is 1. The Labute approximate surface area is 116 Å². The first-order valence-electron chi connectivity index (χ1n) is 6.03. The molecule has 106 valence electrons. The van der Waals surface area contributed by atoms with E-state index < -0.39 is 9.84 Å². The minimum Gasteiger partial charge on any atom is -0.312 e. The van der Waals surface area contributed by atoms with Gasteiger partial charge >= 0.3 is 0 Å². The smallest absolute Gasteiger partial charge is 0.227 e. The summed E-state index contributed by atoms with van der Waals surface area (Å²) in [4.78, 5) is 16.4. The minimum absolute atomic E-state index is 0.0275. The summed E-state index contributed by atoms with van der Waals surface area (Å²) in [6, 6.07) is 6.29. The van der Waals surface area contributed by atoms with Gasteiger partial charge in [-0.25, -0.2) is 8.42 Å². The average Bonchev–Trinajstić information content (AvgIpc) is 2.77. The summed E-state index contributed by atoms with van der Waals surface area (Å²) in [6.45, 7) is 0.704. The lowest BCUT2D eigenvalue weighted by Gasteiger charge is -2.17. The summed E-state index contributed by atoms with van der Waals surface area (Å²) in [5.74, 6) is -0.117. The Morgan fingerprint density at radius 1 is 1.50 bits per heavy atom. The molecule has 1 fully saturated rings. The first-order chi connectivity index (χ1) is 9.41. The molecule has 1 atom stereocenters. The van der Waals surface area contributed by atoms with Crippen LogP contribution in [-0.4, -0.2) is 33.7 Å². The van der Waals surface area contributed by atoms with Crippen LogP contribution in [0.1, 0.15) is 6.42 Å². The van der Waals surface area contributed by atoms with Gasteiger partial charge < -0.3 is 4.90 Å². The number of nitrogens with zero attached hydrogens (tertiary/aromatic N) is 4. The zero-order valence-electron chi connectivity index (χ0n) is 10.9. The predicted octanol–water partition coefficient (Wildman–Crippen LogP) is 1.75. The Morgan fingerprint density at radius 2 is 2.25 bits per heavy atom. The lowest BCUT2D eigenvalue weighted by atomic mass is 10.1. The molecule has 1 heterocycles. The minimum atomic E-state index is -3.30. The van der Waals surface area contributed by atoms with Gasteiger partial charge in [-0.1, -0.05) is 11.2 Å². The Hall–Kier alpha value is -2.05. The molecule has 0 spiro atoms. The van der Waals surface area contributed by atoms with E-state index in [2.05, 4.69) is 10.0 Å². The molecule has 1 aliphatic heterocycles. The van der Waals surface area contributed by atoms with E-state index >= 15 is 0 Å². The lowest BCUT2D eigenvalue weighted by molar-refractivity contribution is -0.117. The average molecular weight is 294 g/mol. The molecule has 1 aliphatic rings. The van der Waals surface area contributed by atoms with Crippen molar-refractivity contribution in [3.05, 3.63) is 34.7 Å². The molecule has 2 rings (SSSR count). The summed E-state index contributed by atoms with van der Waals surface area (Å²) >= 11 is 0. The number of azide groups is 1. The maximum Gasteiger partial charge on any atom is 0.227 e. The van der Waals surface area contributed by atoms with Gasteiger partial charge in [0.1, 0.15) is 0 Å². The number of carbonyl (C=O) groups excluding carboxylic acids is 1. The fraction of sp³-hybridized carbons (Fsp3) is 0.417. The van der Waals surface area contributed by atoms with Crippen LogP contribution >= 0.6 is 0 Å². The Bertz CT molecular complexity index is 680. The third kappa shape index (κ3) is 3.09. The monoisotopic (exact) mass is 294 g/mol. The zero-order chi connectivity index (χ0) is 14.8. The molecule has 1 amide bonds. The summed E-state index contributed by atoms with van der Waals surface area (Å²) in [7, 11) is -3.30. The largest absolute Gasteiger partial charge is 0.312 e. The molecule has 1 saturated heterocycles. The number of hydrogen-bond donors (Lipinski definition) is 0. The van der Waals surface area contributed by atoms with Crippen molar-refractivity contribution in [1.82, 2.24) is 0 Å². The van der Waals surface area contributed by atoms with E-state index in [-0.39, 0.29) is 23.3 Å². The van der Waals surface area contributed by atoms with Crippen molar-refractivity contribution in [1.29, 1.82) is 0 Å². The molecular formula is C12H14N4O3S. The molecule has 1 aromatic rings. The SMILES string of the molecule is CS(=O)(=O)c1cccc(N2CC(CN=[N+]=[N-])CC2=O)c1. The van der Waals surface area contributed by atoms with Gasteiger partial charge in [-0.05, 0) is 29.6 Å². The zero-order valence-corrected chi connectivity index (χ0v) is 11.7. The van der Waals surface area contributed by atoms with Crippen molar-refractivity contribution < 1.29 is 13.2 Å². The van der Waals surface area contributed by atoms with E-state index in [0.717, 1.165) is 6.26 Å². The maximum atomic E-state index is 12.0.